The third-order valence-corrected chi connectivity index (χ3v) is 4.64. The van der Waals surface area contributed by atoms with Crippen LogP contribution >= 0.6 is 0 Å². The average Bonchev–Trinajstić information content (AvgIpc) is 2.65. The lowest BCUT2D eigenvalue weighted by atomic mass is 10.0. The quantitative estimate of drug-likeness (QED) is 0.233. The van der Waals surface area contributed by atoms with E-state index in [0.29, 0.717) is 0 Å². The third kappa shape index (κ3) is 3.39. The molecule has 0 amide bonds. The van der Waals surface area contributed by atoms with Crippen LogP contribution in [0.25, 0.3) is 33.3 Å². The monoisotopic (exact) mass is 436 g/mol. The van der Waals surface area contributed by atoms with E-state index in [1.54, 1.807) is 0 Å². The highest BCUT2D eigenvalue weighted by atomic mass is 32.3. The minimum atomic E-state index is -4.78. The van der Waals surface area contributed by atoms with Crippen LogP contribution in [0.15, 0.2) is 44.0 Å². The lowest BCUT2D eigenvalue weighted by molar-refractivity contribution is 0.238. The van der Waals surface area contributed by atoms with Gasteiger partial charge >= 0.3 is 10.4 Å². The van der Waals surface area contributed by atoms with Gasteiger partial charge in [0.15, 0.2) is 34.2 Å². The summed E-state index contributed by atoms with van der Waals surface area (Å²) in [6.07, 6.45) is 0. The molecule has 0 unspecified atom stereocenters. The minimum Gasteiger partial charge on any atom is -0.504 e. The van der Waals surface area contributed by atoms with Crippen molar-refractivity contribution in [3.63, 3.8) is 0 Å². The first kappa shape index (κ1) is 19.6. The van der Waals surface area contributed by atoms with Crippen molar-refractivity contribution in [2.45, 2.75) is 6.61 Å². The zero-order valence-electron chi connectivity index (χ0n) is 14.7. The van der Waals surface area contributed by atoms with Crippen LogP contribution < -0.4 is 5.43 Å². The summed E-state index contributed by atoms with van der Waals surface area (Å²) in [5.41, 5.74) is -0.631. The SMILES string of the molecule is O=c1cc2oc(COS(=O)(=O)O)cc3c(O)c(-c4cc(O)c(O)c(O)c4)oc(c1)c23. The van der Waals surface area contributed by atoms with Crippen molar-refractivity contribution >= 4 is 32.3 Å². The van der Waals surface area contributed by atoms with Gasteiger partial charge in [0, 0.05) is 23.1 Å². The number of hydrogen-bond acceptors (Lipinski definition) is 10. The average molecular weight is 436 g/mol. The summed E-state index contributed by atoms with van der Waals surface area (Å²) in [5.74, 6) is -3.08. The van der Waals surface area contributed by atoms with Crippen molar-refractivity contribution in [3.8, 4) is 34.3 Å². The summed E-state index contributed by atoms with van der Waals surface area (Å²) in [7, 11) is -4.78. The topological polar surface area (TPSA) is 188 Å². The maximum Gasteiger partial charge on any atom is 0.397 e. The molecular formula is C18H12O11S. The molecule has 0 aliphatic carbocycles. The van der Waals surface area contributed by atoms with Gasteiger partial charge in [-0.2, -0.15) is 8.42 Å². The van der Waals surface area contributed by atoms with Crippen molar-refractivity contribution in [1.82, 2.24) is 0 Å². The van der Waals surface area contributed by atoms with Crippen molar-refractivity contribution in [2.24, 2.45) is 0 Å². The Morgan fingerprint density at radius 1 is 0.867 bits per heavy atom. The number of phenolic OH excluding ortho intramolecular Hbond substituents is 3. The van der Waals surface area contributed by atoms with Crippen LogP contribution in [-0.2, 0) is 21.2 Å². The van der Waals surface area contributed by atoms with E-state index in [4.69, 9.17) is 13.4 Å². The van der Waals surface area contributed by atoms with Crippen molar-refractivity contribution < 1.29 is 46.4 Å². The molecule has 4 aromatic rings. The molecule has 0 spiro atoms. The molecule has 0 aliphatic heterocycles. The van der Waals surface area contributed by atoms with Gasteiger partial charge in [-0.15, -0.1) is 0 Å². The first-order chi connectivity index (χ1) is 14.0. The zero-order chi connectivity index (χ0) is 21.8. The van der Waals surface area contributed by atoms with E-state index in [1.807, 2.05) is 0 Å². The van der Waals surface area contributed by atoms with E-state index in [9.17, 15) is 33.6 Å². The van der Waals surface area contributed by atoms with Crippen LogP contribution in [0, 0.1) is 0 Å². The molecule has 0 saturated carbocycles. The van der Waals surface area contributed by atoms with Crippen molar-refractivity contribution in [3.05, 3.63) is 46.3 Å². The summed E-state index contributed by atoms with van der Waals surface area (Å²) in [6.45, 7) is -0.732. The zero-order valence-corrected chi connectivity index (χ0v) is 15.5. The normalized spacial score (nSPS) is 12.0. The van der Waals surface area contributed by atoms with Crippen molar-refractivity contribution in [2.75, 3.05) is 0 Å². The minimum absolute atomic E-state index is 0.0154. The fraction of sp³-hybridized carbons (Fsp3) is 0.0556. The largest absolute Gasteiger partial charge is 0.504 e. The predicted octanol–water partition coefficient (Wildman–Crippen LogP) is 2.35. The van der Waals surface area contributed by atoms with E-state index >= 15 is 0 Å². The van der Waals surface area contributed by atoms with Gasteiger partial charge in [0.25, 0.3) is 0 Å². The molecule has 0 fully saturated rings. The molecule has 5 N–H and O–H groups in total. The van der Waals surface area contributed by atoms with E-state index in [0.717, 1.165) is 24.3 Å². The van der Waals surface area contributed by atoms with Gasteiger partial charge in [-0.1, -0.05) is 0 Å². The second kappa shape index (κ2) is 6.66. The van der Waals surface area contributed by atoms with Gasteiger partial charge in [0.1, 0.15) is 23.5 Å². The van der Waals surface area contributed by atoms with Crippen LogP contribution in [0.3, 0.4) is 0 Å². The summed E-state index contributed by atoms with van der Waals surface area (Å²) < 4.78 is 45.7. The number of phenols is 3. The molecule has 0 aliphatic rings. The Labute approximate surface area is 166 Å². The van der Waals surface area contributed by atoms with Gasteiger partial charge in [-0.3, -0.25) is 9.35 Å². The fourth-order valence-corrected chi connectivity index (χ4v) is 3.26. The number of benzene rings is 2. The Balaban J connectivity index is 2.03. The highest BCUT2D eigenvalue weighted by Crippen LogP contribution is 2.45. The highest BCUT2D eigenvalue weighted by Gasteiger charge is 2.21. The van der Waals surface area contributed by atoms with Crippen LogP contribution in [0.1, 0.15) is 5.76 Å². The smallest absolute Gasteiger partial charge is 0.397 e. The standard InChI is InChI=1S/C18H12O11S/c19-8-3-13-15-10(5-9(28-13)6-27-30(24,25)26)16(22)18(29-14(15)4-8)7-1-11(20)17(23)12(21)2-7/h1-5,20-23H,6H2,(H,24,25,26). The molecule has 2 heterocycles. The van der Waals surface area contributed by atoms with Crippen LogP contribution in [0.2, 0.25) is 0 Å². The number of aromatic hydroxyl groups is 4. The predicted molar refractivity (Wildman–Crippen MR) is 101 cm³/mol. The molecule has 0 radical (unpaired) electrons. The fourth-order valence-electron chi connectivity index (χ4n) is 3.00. The molecule has 4 rings (SSSR count). The lowest BCUT2D eigenvalue weighted by Crippen LogP contribution is -2.04. The van der Waals surface area contributed by atoms with Gasteiger partial charge in [0.05, 0.1) is 5.39 Å². The summed E-state index contributed by atoms with van der Waals surface area (Å²) in [5, 5.41) is 40.0. The molecule has 0 saturated heterocycles. The molecular weight excluding hydrogens is 424 g/mol. The maximum atomic E-state index is 12.0. The Morgan fingerprint density at radius 3 is 2.07 bits per heavy atom. The second-order valence-corrected chi connectivity index (χ2v) is 7.34. The van der Waals surface area contributed by atoms with Gasteiger partial charge in [-0.05, 0) is 18.2 Å². The summed E-state index contributed by atoms with van der Waals surface area (Å²) in [6, 6.07) is 5.43. The Morgan fingerprint density at radius 2 is 1.47 bits per heavy atom. The Hall–Kier alpha value is -3.74. The van der Waals surface area contributed by atoms with Gasteiger partial charge < -0.3 is 29.3 Å². The van der Waals surface area contributed by atoms with Gasteiger partial charge in [-0.25, -0.2) is 4.18 Å². The second-order valence-electron chi connectivity index (χ2n) is 6.25. The lowest BCUT2D eigenvalue weighted by Gasteiger charge is -2.13. The third-order valence-electron chi connectivity index (χ3n) is 4.22. The van der Waals surface area contributed by atoms with Crippen molar-refractivity contribution in [1.29, 1.82) is 0 Å². The summed E-state index contributed by atoms with van der Waals surface area (Å²) in [4.78, 5) is 12.0. The molecule has 2 aromatic carbocycles. The molecule has 156 valence electrons. The van der Waals surface area contributed by atoms with Crippen LogP contribution in [0.4, 0.5) is 0 Å². The summed E-state index contributed by atoms with van der Waals surface area (Å²) >= 11 is 0. The Kier molecular flexibility index (Phi) is 4.34. The van der Waals surface area contributed by atoms with E-state index < -0.39 is 45.4 Å². The van der Waals surface area contributed by atoms with E-state index in [1.165, 1.54) is 6.07 Å². The first-order valence-electron chi connectivity index (χ1n) is 8.13. The molecule has 0 atom stereocenters. The first-order valence-corrected chi connectivity index (χ1v) is 9.49. The highest BCUT2D eigenvalue weighted by molar-refractivity contribution is 7.80. The molecule has 12 heteroatoms. The Bertz CT molecular complexity index is 1450. The van der Waals surface area contributed by atoms with Crippen LogP contribution in [0.5, 0.6) is 23.0 Å². The maximum absolute atomic E-state index is 12.0. The van der Waals surface area contributed by atoms with Crippen LogP contribution in [-0.4, -0.2) is 33.4 Å². The molecule has 2 aromatic heterocycles. The van der Waals surface area contributed by atoms with Gasteiger partial charge in [0.2, 0.25) is 0 Å². The number of hydrogen-bond donors (Lipinski definition) is 5. The molecule has 11 nitrogen and oxygen atoms in total. The molecule has 0 bridgehead atoms. The van der Waals surface area contributed by atoms with E-state index in [-0.39, 0.29) is 39.0 Å². The van der Waals surface area contributed by atoms with E-state index in [2.05, 4.69) is 4.18 Å². The molecule has 30 heavy (non-hydrogen) atoms. The number of rotatable bonds is 4.